The molecule has 0 aliphatic heterocycles. The summed E-state index contributed by atoms with van der Waals surface area (Å²) in [5.74, 6) is -1.36. The Morgan fingerprint density at radius 1 is 1.20 bits per heavy atom. The van der Waals surface area contributed by atoms with E-state index in [0.29, 0.717) is 19.3 Å². The Kier molecular flexibility index (Phi) is 4.43. The van der Waals surface area contributed by atoms with E-state index < -0.39 is 17.7 Å². The lowest BCUT2D eigenvalue weighted by molar-refractivity contribution is -0.200. The quantitative estimate of drug-likeness (QED) is 0.879. The zero-order valence-corrected chi connectivity index (χ0v) is 11.7. The van der Waals surface area contributed by atoms with Gasteiger partial charge >= 0.3 is 6.18 Å². The van der Waals surface area contributed by atoms with Gasteiger partial charge in [-0.25, -0.2) is 0 Å². The molecule has 2 unspecified atom stereocenters. The molecule has 1 saturated carbocycles. The van der Waals surface area contributed by atoms with Crippen molar-refractivity contribution in [3.05, 3.63) is 35.4 Å². The van der Waals surface area contributed by atoms with Crippen molar-refractivity contribution in [3.8, 4) is 0 Å². The first-order chi connectivity index (χ1) is 9.32. The van der Waals surface area contributed by atoms with E-state index in [9.17, 15) is 18.3 Å². The molecule has 1 aromatic rings. The first kappa shape index (κ1) is 15.4. The summed E-state index contributed by atoms with van der Waals surface area (Å²) in [4.78, 5) is 0. The van der Waals surface area contributed by atoms with Crippen LogP contribution in [-0.4, -0.2) is 16.9 Å². The highest BCUT2D eigenvalue weighted by Gasteiger charge is 2.46. The zero-order valence-electron chi connectivity index (χ0n) is 11.7. The molecular weight excluding hydrogens is 265 g/mol. The van der Waals surface area contributed by atoms with E-state index in [0.717, 1.165) is 12.0 Å². The molecule has 0 radical (unpaired) electrons. The van der Waals surface area contributed by atoms with Crippen molar-refractivity contribution in [2.45, 2.75) is 57.2 Å². The van der Waals surface area contributed by atoms with Crippen LogP contribution in [0.4, 0.5) is 13.2 Å². The van der Waals surface area contributed by atoms with Crippen LogP contribution >= 0.6 is 0 Å². The van der Waals surface area contributed by atoms with Gasteiger partial charge in [-0.1, -0.05) is 31.2 Å². The standard InChI is InChI=1S/C16H21F3O/c1-2-12-5-7-13(8-6-12)10-15(20)9-3-4-14(11-15)16(17,18)19/h5-8,14,20H,2-4,9-11H2,1H3. The van der Waals surface area contributed by atoms with Crippen LogP contribution in [0.15, 0.2) is 24.3 Å². The fourth-order valence-corrected chi connectivity index (χ4v) is 3.05. The highest BCUT2D eigenvalue weighted by atomic mass is 19.4. The number of hydrogen-bond acceptors (Lipinski definition) is 1. The van der Waals surface area contributed by atoms with Crippen molar-refractivity contribution in [2.75, 3.05) is 0 Å². The summed E-state index contributed by atoms with van der Waals surface area (Å²) < 4.78 is 38.4. The molecule has 1 aliphatic rings. The van der Waals surface area contributed by atoms with Gasteiger partial charge in [0.1, 0.15) is 0 Å². The average molecular weight is 286 g/mol. The van der Waals surface area contributed by atoms with Gasteiger partial charge in [0.2, 0.25) is 0 Å². The Labute approximate surface area is 117 Å². The molecule has 0 heterocycles. The fourth-order valence-electron chi connectivity index (χ4n) is 3.05. The topological polar surface area (TPSA) is 20.2 Å². The molecule has 1 nitrogen and oxygen atoms in total. The summed E-state index contributed by atoms with van der Waals surface area (Å²) in [7, 11) is 0. The minimum Gasteiger partial charge on any atom is -0.390 e. The summed E-state index contributed by atoms with van der Waals surface area (Å²) >= 11 is 0. The predicted molar refractivity (Wildman–Crippen MR) is 72.5 cm³/mol. The number of aryl methyl sites for hydroxylation is 1. The molecule has 0 saturated heterocycles. The second-order valence-corrected chi connectivity index (χ2v) is 5.91. The molecule has 1 N–H and O–H groups in total. The highest BCUT2D eigenvalue weighted by molar-refractivity contribution is 5.24. The average Bonchev–Trinajstić information content (AvgIpc) is 2.38. The molecule has 0 bridgehead atoms. The van der Waals surface area contributed by atoms with Crippen LogP contribution in [0.2, 0.25) is 0 Å². The van der Waals surface area contributed by atoms with E-state index in [4.69, 9.17) is 0 Å². The van der Waals surface area contributed by atoms with Gasteiger partial charge in [-0.05, 0) is 43.2 Å². The molecule has 0 amide bonds. The summed E-state index contributed by atoms with van der Waals surface area (Å²) in [5.41, 5.74) is 0.886. The Hall–Kier alpha value is -1.03. The zero-order chi connectivity index (χ0) is 14.8. The molecule has 2 rings (SSSR count). The summed E-state index contributed by atoms with van der Waals surface area (Å²) in [5, 5.41) is 10.5. The van der Waals surface area contributed by atoms with Gasteiger partial charge in [0.05, 0.1) is 11.5 Å². The van der Waals surface area contributed by atoms with Gasteiger partial charge in [0.25, 0.3) is 0 Å². The number of hydrogen-bond donors (Lipinski definition) is 1. The number of aliphatic hydroxyl groups is 1. The van der Waals surface area contributed by atoms with E-state index in [1.165, 1.54) is 5.56 Å². The fraction of sp³-hybridized carbons (Fsp3) is 0.625. The van der Waals surface area contributed by atoms with Gasteiger partial charge in [-0.15, -0.1) is 0 Å². The third kappa shape index (κ3) is 3.75. The SMILES string of the molecule is CCc1ccc(CC2(O)CCCC(C(F)(F)F)C2)cc1. The van der Waals surface area contributed by atoms with Crippen molar-refractivity contribution < 1.29 is 18.3 Å². The first-order valence-corrected chi connectivity index (χ1v) is 7.19. The van der Waals surface area contributed by atoms with Gasteiger partial charge in [0.15, 0.2) is 0 Å². The van der Waals surface area contributed by atoms with Gasteiger partial charge in [-0.3, -0.25) is 0 Å². The summed E-state index contributed by atoms with van der Waals surface area (Å²) in [6.45, 7) is 2.05. The van der Waals surface area contributed by atoms with Crippen LogP contribution in [0.25, 0.3) is 0 Å². The van der Waals surface area contributed by atoms with Crippen molar-refractivity contribution >= 4 is 0 Å². The molecule has 2 atom stereocenters. The number of benzene rings is 1. The first-order valence-electron chi connectivity index (χ1n) is 7.19. The van der Waals surface area contributed by atoms with Crippen LogP contribution in [0.1, 0.15) is 43.7 Å². The van der Waals surface area contributed by atoms with E-state index in [-0.39, 0.29) is 12.8 Å². The Morgan fingerprint density at radius 2 is 1.80 bits per heavy atom. The molecular formula is C16H21F3O. The molecule has 1 fully saturated rings. The molecule has 1 aliphatic carbocycles. The summed E-state index contributed by atoms with van der Waals surface area (Å²) in [6.07, 6.45) is -2.10. The minimum atomic E-state index is -4.19. The second kappa shape index (κ2) is 5.76. The highest BCUT2D eigenvalue weighted by Crippen LogP contribution is 2.42. The van der Waals surface area contributed by atoms with Gasteiger partial charge in [-0.2, -0.15) is 13.2 Å². The maximum Gasteiger partial charge on any atom is 0.391 e. The molecule has 0 spiro atoms. The number of alkyl halides is 3. The Bertz CT molecular complexity index is 438. The third-order valence-electron chi connectivity index (χ3n) is 4.25. The predicted octanol–water partition coefficient (Wildman–Crippen LogP) is 4.28. The number of halogens is 3. The Morgan fingerprint density at radius 3 is 2.35 bits per heavy atom. The molecule has 1 aromatic carbocycles. The van der Waals surface area contributed by atoms with Crippen LogP contribution < -0.4 is 0 Å². The Balaban J connectivity index is 2.06. The molecule has 112 valence electrons. The molecule has 4 heteroatoms. The minimum absolute atomic E-state index is 0.139. The molecule has 0 aromatic heterocycles. The van der Waals surface area contributed by atoms with E-state index in [1.54, 1.807) is 0 Å². The summed E-state index contributed by atoms with van der Waals surface area (Å²) in [6, 6.07) is 7.77. The van der Waals surface area contributed by atoms with Crippen molar-refractivity contribution in [2.24, 2.45) is 5.92 Å². The van der Waals surface area contributed by atoms with Crippen molar-refractivity contribution in [1.29, 1.82) is 0 Å². The normalized spacial score (nSPS) is 27.6. The lowest BCUT2D eigenvalue weighted by Crippen LogP contribution is -2.41. The monoisotopic (exact) mass is 286 g/mol. The lowest BCUT2D eigenvalue weighted by atomic mass is 9.75. The largest absolute Gasteiger partial charge is 0.391 e. The smallest absolute Gasteiger partial charge is 0.390 e. The van der Waals surface area contributed by atoms with Crippen molar-refractivity contribution in [3.63, 3.8) is 0 Å². The van der Waals surface area contributed by atoms with E-state index in [2.05, 4.69) is 6.92 Å². The van der Waals surface area contributed by atoms with Gasteiger partial charge in [0, 0.05) is 6.42 Å². The van der Waals surface area contributed by atoms with Crippen LogP contribution in [0, 0.1) is 5.92 Å². The van der Waals surface area contributed by atoms with Gasteiger partial charge < -0.3 is 5.11 Å². The second-order valence-electron chi connectivity index (χ2n) is 5.91. The lowest BCUT2D eigenvalue weighted by Gasteiger charge is -2.37. The maximum absolute atomic E-state index is 12.8. The maximum atomic E-state index is 12.8. The molecule has 20 heavy (non-hydrogen) atoms. The van der Waals surface area contributed by atoms with E-state index >= 15 is 0 Å². The van der Waals surface area contributed by atoms with Crippen LogP contribution in [0.5, 0.6) is 0 Å². The third-order valence-corrected chi connectivity index (χ3v) is 4.25. The van der Waals surface area contributed by atoms with Crippen LogP contribution in [0.3, 0.4) is 0 Å². The van der Waals surface area contributed by atoms with Crippen LogP contribution in [-0.2, 0) is 12.8 Å². The van der Waals surface area contributed by atoms with E-state index in [1.807, 2.05) is 24.3 Å². The number of rotatable bonds is 3. The van der Waals surface area contributed by atoms with Crippen molar-refractivity contribution in [1.82, 2.24) is 0 Å².